The average molecular weight is 391 g/mol. The second-order valence-corrected chi connectivity index (χ2v) is 10.1. The standard InChI is InChI=1S/C22H47O3P/c1-4-5-6-7-8-9-10-11-12-13-14-15-16-17-18-19-20-21-22-26(23,24-2)25-3/h4-22H2,1-3H3. The highest BCUT2D eigenvalue weighted by Crippen LogP contribution is 2.47. The van der Waals surface area contributed by atoms with Crippen molar-refractivity contribution in [2.45, 2.75) is 122 Å². The van der Waals surface area contributed by atoms with E-state index in [4.69, 9.17) is 9.05 Å². The van der Waals surface area contributed by atoms with E-state index in [0.717, 1.165) is 12.8 Å². The van der Waals surface area contributed by atoms with E-state index in [9.17, 15) is 4.57 Å². The molecule has 0 aromatic carbocycles. The minimum atomic E-state index is -2.77. The molecule has 0 saturated heterocycles. The summed E-state index contributed by atoms with van der Waals surface area (Å²) in [5.41, 5.74) is 0. The maximum Gasteiger partial charge on any atom is 0.330 e. The van der Waals surface area contributed by atoms with Crippen LogP contribution < -0.4 is 0 Å². The third-order valence-corrected chi connectivity index (χ3v) is 7.32. The summed E-state index contributed by atoms with van der Waals surface area (Å²) in [4.78, 5) is 0. The normalized spacial score (nSPS) is 12.0. The molecule has 158 valence electrons. The van der Waals surface area contributed by atoms with Crippen LogP contribution in [0.15, 0.2) is 0 Å². The van der Waals surface area contributed by atoms with Gasteiger partial charge in [-0.05, 0) is 6.42 Å². The lowest BCUT2D eigenvalue weighted by molar-refractivity contribution is 0.275. The van der Waals surface area contributed by atoms with Crippen LogP contribution >= 0.6 is 7.60 Å². The Hall–Kier alpha value is 0.150. The predicted molar refractivity (Wildman–Crippen MR) is 115 cm³/mol. The first-order chi connectivity index (χ1) is 12.7. The summed E-state index contributed by atoms with van der Waals surface area (Å²) in [6, 6.07) is 0. The van der Waals surface area contributed by atoms with Crippen molar-refractivity contribution in [1.82, 2.24) is 0 Å². The first-order valence-corrected chi connectivity index (χ1v) is 13.1. The quantitative estimate of drug-likeness (QED) is 0.145. The van der Waals surface area contributed by atoms with E-state index in [1.54, 1.807) is 0 Å². The molecule has 0 atom stereocenters. The number of rotatable bonds is 21. The van der Waals surface area contributed by atoms with Crippen molar-refractivity contribution in [2.75, 3.05) is 20.4 Å². The van der Waals surface area contributed by atoms with E-state index in [-0.39, 0.29) is 0 Å². The van der Waals surface area contributed by atoms with Gasteiger partial charge in [0.1, 0.15) is 0 Å². The minimum Gasteiger partial charge on any atom is -0.312 e. The van der Waals surface area contributed by atoms with Crippen molar-refractivity contribution in [3.8, 4) is 0 Å². The number of hydrogen-bond acceptors (Lipinski definition) is 3. The zero-order valence-electron chi connectivity index (χ0n) is 18.1. The van der Waals surface area contributed by atoms with E-state index in [2.05, 4.69) is 6.92 Å². The molecule has 3 nitrogen and oxygen atoms in total. The maximum atomic E-state index is 11.9. The van der Waals surface area contributed by atoms with E-state index in [1.165, 1.54) is 117 Å². The Kier molecular flexibility index (Phi) is 20.0. The molecule has 0 aliphatic heterocycles. The van der Waals surface area contributed by atoms with Crippen LogP contribution in [0.5, 0.6) is 0 Å². The van der Waals surface area contributed by atoms with E-state index >= 15 is 0 Å². The largest absolute Gasteiger partial charge is 0.330 e. The number of hydrogen-bond donors (Lipinski definition) is 0. The maximum absolute atomic E-state index is 11.9. The molecule has 4 heteroatoms. The smallest absolute Gasteiger partial charge is 0.312 e. The Morgan fingerprint density at radius 3 is 1.04 bits per heavy atom. The van der Waals surface area contributed by atoms with Crippen LogP contribution in [0, 0.1) is 0 Å². The van der Waals surface area contributed by atoms with Crippen LogP contribution in [0.1, 0.15) is 122 Å². The van der Waals surface area contributed by atoms with Gasteiger partial charge in [0, 0.05) is 14.2 Å². The van der Waals surface area contributed by atoms with Crippen molar-refractivity contribution >= 4 is 7.60 Å². The molecule has 0 fully saturated rings. The SMILES string of the molecule is CCCCCCCCCCCCCCCCCCCCP(=O)(OC)OC. The molecule has 26 heavy (non-hydrogen) atoms. The van der Waals surface area contributed by atoms with Crippen LogP contribution in [0.3, 0.4) is 0 Å². The fraction of sp³-hybridized carbons (Fsp3) is 1.00. The van der Waals surface area contributed by atoms with Crippen LogP contribution in [-0.2, 0) is 13.6 Å². The lowest BCUT2D eigenvalue weighted by Gasteiger charge is -2.12. The van der Waals surface area contributed by atoms with Crippen molar-refractivity contribution in [3.05, 3.63) is 0 Å². The Morgan fingerprint density at radius 2 is 0.769 bits per heavy atom. The van der Waals surface area contributed by atoms with Gasteiger partial charge in [-0.15, -0.1) is 0 Å². The van der Waals surface area contributed by atoms with Gasteiger partial charge in [0.15, 0.2) is 0 Å². The molecule has 0 N–H and O–H groups in total. The van der Waals surface area contributed by atoms with Gasteiger partial charge in [-0.1, -0.05) is 116 Å². The van der Waals surface area contributed by atoms with Crippen LogP contribution in [0.25, 0.3) is 0 Å². The molecule has 0 heterocycles. The van der Waals surface area contributed by atoms with Gasteiger partial charge in [0.2, 0.25) is 0 Å². The summed E-state index contributed by atoms with van der Waals surface area (Å²) in [6.45, 7) is 2.28. The van der Waals surface area contributed by atoms with Crippen LogP contribution in [0.4, 0.5) is 0 Å². The second kappa shape index (κ2) is 19.9. The van der Waals surface area contributed by atoms with Gasteiger partial charge in [-0.2, -0.15) is 0 Å². The fourth-order valence-electron chi connectivity index (χ4n) is 3.46. The summed E-state index contributed by atoms with van der Waals surface area (Å²) in [5, 5.41) is 0. The average Bonchev–Trinajstić information content (AvgIpc) is 2.66. The molecule has 0 bridgehead atoms. The van der Waals surface area contributed by atoms with Crippen molar-refractivity contribution < 1.29 is 13.6 Å². The van der Waals surface area contributed by atoms with Crippen molar-refractivity contribution in [3.63, 3.8) is 0 Å². The Bertz CT molecular complexity index is 313. The summed E-state index contributed by atoms with van der Waals surface area (Å²) >= 11 is 0. The van der Waals surface area contributed by atoms with E-state index in [0.29, 0.717) is 6.16 Å². The summed E-state index contributed by atoms with van der Waals surface area (Å²) in [7, 11) is 0.170. The molecule has 0 saturated carbocycles. The fourth-order valence-corrected chi connectivity index (χ4v) is 4.59. The third kappa shape index (κ3) is 17.6. The Balaban J connectivity index is 3.13. The van der Waals surface area contributed by atoms with Crippen LogP contribution in [0.2, 0.25) is 0 Å². The Labute approximate surface area is 164 Å². The van der Waals surface area contributed by atoms with E-state index < -0.39 is 7.60 Å². The van der Waals surface area contributed by atoms with Gasteiger partial charge in [0.25, 0.3) is 0 Å². The number of unbranched alkanes of at least 4 members (excludes halogenated alkanes) is 17. The highest BCUT2D eigenvalue weighted by molar-refractivity contribution is 7.53. The summed E-state index contributed by atoms with van der Waals surface area (Å²) in [6.07, 6.45) is 25.1. The van der Waals surface area contributed by atoms with E-state index in [1.807, 2.05) is 0 Å². The first kappa shape index (κ1) is 26.1. The van der Waals surface area contributed by atoms with Crippen LogP contribution in [-0.4, -0.2) is 20.4 Å². The third-order valence-electron chi connectivity index (χ3n) is 5.34. The molecular formula is C22H47O3P. The molecule has 0 spiro atoms. The molecular weight excluding hydrogens is 343 g/mol. The lowest BCUT2D eigenvalue weighted by atomic mass is 10.0. The summed E-state index contributed by atoms with van der Waals surface area (Å²) in [5.74, 6) is 0. The topological polar surface area (TPSA) is 35.5 Å². The molecule has 0 aromatic heterocycles. The van der Waals surface area contributed by atoms with Crippen molar-refractivity contribution in [1.29, 1.82) is 0 Å². The van der Waals surface area contributed by atoms with Gasteiger partial charge in [0.05, 0.1) is 6.16 Å². The van der Waals surface area contributed by atoms with Gasteiger partial charge >= 0.3 is 7.60 Å². The Morgan fingerprint density at radius 1 is 0.500 bits per heavy atom. The molecule has 0 aliphatic rings. The van der Waals surface area contributed by atoms with Gasteiger partial charge < -0.3 is 9.05 Å². The second-order valence-electron chi connectivity index (χ2n) is 7.71. The molecule has 0 radical (unpaired) electrons. The minimum absolute atomic E-state index is 0.554. The zero-order chi connectivity index (χ0) is 19.3. The first-order valence-electron chi connectivity index (χ1n) is 11.4. The molecule has 0 rings (SSSR count). The lowest BCUT2D eigenvalue weighted by Crippen LogP contribution is -1.94. The highest BCUT2D eigenvalue weighted by atomic mass is 31.2. The highest BCUT2D eigenvalue weighted by Gasteiger charge is 2.19. The predicted octanol–water partition coefficient (Wildman–Crippen LogP) is 8.51. The molecule has 0 aliphatic carbocycles. The van der Waals surface area contributed by atoms with Gasteiger partial charge in [-0.3, -0.25) is 4.57 Å². The molecule has 0 amide bonds. The zero-order valence-corrected chi connectivity index (χ0v) is 19.0. The molecule has 0 aromatic rings. The molecule has 0 unspecified atom stereocenters. The van der Waals surface area contributed by atoms with Crippen molar-refractivity contribution in [2.24, 2.45) is 0 Å². The van der Waals surface area contributed by atoms with Gasteiger partial charge in [-0.25, -0.2) is 0 Å². The summed E-state index contributed by atoms with van der Waals surface area (Å²) < 4.78 is 21.8. The monoisotopic (exact) mass is 390 g/mol.